The summed E-state index contributed by atoms with van der Waals surface area (Å²) in [6.07, 6.45) is 0. The van der Waals surface area contributed by atoms with Crippen LogP contribution in [0.25, 0.3) is 0 Å². The van der Waals surface area contributed by atoms with E-state index in [4.69, 9.17) is 32.5 Å². The van der Waals surface area contributed by atoms with Crippen molar-refractivity contribution in [2.45, 2.75) is 81.2 Å². The van der Waals surface area contributed by atoms with E-state index in [1.807, 2.05) is 0 Å². The largest absolute Gasteiger partial charge is 0.773 e. The molecular weight excluding hydrogens is 550 g/mol. The summed E-state index contributed by atoms with van der Waals surface area (Å²) in [6, 6.07) is 0. The van der Waals surface area contributed by atoms with E-state index in [0.29, 0.717) is 6.92 Å². The Morgan fingerprint density at radius 2 is 1.00 bits per heavy atom. The number of carbonyl (C=O) groups is 4. The topological polar surface area (TPSA) is 196 Å². The molecule has 0 fully saturated rings. The Kier molecular flexibility index (Phi) is 12.6. The zero-order valence-corrected chi connectivity index (χ0v) is 25.5. The molecule has 0 bridgehead atoms. The van der Waals surface area contributed by atoms with Gasteiger partial charge >= 0.3 is 36.9 Å². The van der Waals surface area contributed by atoms with Gasteiger partial charge in [0, 0.05) is 13.8 Å². The Balaban J connectivity index is 6.20. The third-order valence-corrected chi connectivity index (χ3v) is 9.45. The number of esters is 4. The van der Waals surface area contributed by atoms with E-state index in [-0.39, 0.29) is 0 Å². The van der Waals surface area contributed by atoms with Crippen molar-refractivity contribution >= 4 is 39.4 Å². The molecule has 14 nitrogen and oxygen atoms in total. The lowest BCUT2D eigenvalue weighted by atomic mass is 9.98. The maximum atomic E-state index is 13.9. The normalized spacial score (nSPS) is 16.0. The van der Waals surface area contributed by atoms with Gasteiger partial charge < -0.3 is 33.3 Å². The van der Waals surface area contributed by atoms with Crippen molar-refractivity contribution in [3.8, 4) is 0 Å². The highest BCUT2D eigenvalue weighted by atomic mass is 31.3. The van der Waals surface area contributed by atoms with Crippen LogP contribution in [0.15, 0.2) is 0 Å². The van der Waals surface area contributed by atoms with Gasteiger partial charge in [0.05, 0.1) is 16.2 Å². The summed E-state index contributed by atoms with van der Waals surface area (Å²) in [5.41, 5.74) is -3.03. The predicted octanol–water partition coefficient (Wildman–Crippen LogP) is 2.59. The Morgan fingerprint density at radius 3 is 1.29 bits per heavy atom. The molecule has 2 unspecified atom stereocenters. The summed E-state index contributed by atoms with van der Waals surface area (Å²) < 4.78 is 47.4. The van der Waals surface area contributed by atoms with Crippen LogP contribution < -0.4 is 9.79 Å². The highest BCUT2D eigenvalue weighted by Gasteiger charge is 2.64. The van der Waals surface area contributed by atoms with E-state index in [9.17, 15) is 33.5 Å². The maximum Gasteiger partial charge on any atom is 0.325 e. The molecule has 0 aliphatic heterocycles. The highest BCUT2D eigenvalue weighted by Crippen LogP contribution is 2.77. The third kappa shape index (κ3) is 10.5. The SMILES string of the molecule is CC(=O)OC(C)(P(=O)([O-])OCOC(=O)C(C)(C)C)[P+]([O-])(OCOC(=O)C(C)(C)C)OCOC(=O)C(C)(C)C. The van der Waals surface area contributed by atoms with Gasteiger partial charge in [-0.3, -0.25) is 23.7 Å². The van der Waals surface area contributed by atoms with Gasteiger partial charge in [-0.25, -0.2) is 0 Å². The van der Waals surface area contributed by atoms with Gasteiger partial charge in [-0.1, -0.05) is 0 Å². The Labute approximate surface area is 223 Å². The molecule has 2 atom stereocenters. The summed E-state index contributed by atoms with van der Waals surface area (Å²) in [4.78, 5) is 75.1. The fourth-order valence-corrected chi connectivity index (χ4v) is 5.60. The van der Waals surface area contributed by atoms with Gasteiger partial charge in [-0.15, -0.1) is 0 Å². The van der Waals surface area contributed by atoms with Crippen molar-refractivity contribution in [2.75, 3.05) is 20.4 Å². The molecule has 0 saturated heterocycles. The van der Waals surface area contributed by atoms with Crippen molar-refractivity contribution in [1.82, 2.24) is 0 Å². The molecule has 0 saturated carbocycles. The molecule has 0 amide bonds. The van der Waals surface area contributed by atoms with Crippen molar-refractivity contribution in [2.24, 2.45) is 16.2 Å². The number of rotatable bonds is 12. The summed E-state index contributed by atoms with van der Waals surface area (Å²) in [5.74, 6) is -3.70. The minimum absolute atomic E-state index is 0.645. The zero-order chi connectivity index (χ0) is 30.4. The molecule has 0 aromatic rings. The van der Waals surface area contributed by atoms with Gasteiger partial charge in [0.15, 0.2) is 6.79 Å². The van der Waals surface area contributed by atoms with Crippen molar-refractivity contribution < 1.29 is 66.0 Å². The lowest BCUT2D eigenvalue weighted by molar-refractivity contribution is -0.259. The quantitative estimate of drug-likeness (QED) is 0.139. The summed E-state index contributed by atoms with van der Waals surface area (Å²) in [5, 5.41) is -3.21. The van der Waals surface area contributed by atoms with Crippen LogP contribution in [0.5, 0.6) is 0 Å². The van der Waals surface area contributed by atoms with Gasteiger partial charge in [0.2, 0.25) is 21.2 Å². The molecule has 0 radical (unpaired) electrons. The van der Waals surface area contributed by atoms with Crippen LogP contribution in [0.4, 0.5) is 0 Å². The van der Waals surface area contributed by atoms with Gasteiger partial charge in [-0.05, 0) is 62.3 Å². The van der Waals surface area contributed by atoms with E-state index in [2.05, 4.69) is 0 Å². The zero-order valence-electron chi connectivity index (χ0n) is 23.7. The highest BCUT2D eigenvalue weighted by molar-refractivity contribution is 7.75. The van der Waals surface area contributed by atoms with Crippen LogP contribution in [0, 0.1) is 16.2 Å². The van der Waals surface area contributed by atoms with Crippen LogP contribution in [-0.2, 0) is 56.3 Å². The predicted molar refractivity (Wildman–Crippen MR) is 129 cm³/mol. The molecule has 0 aliphatic carbocycles. The minimum Gasteiger partial charge on any atom is -0.773 e. The molecule has 0 heterocycles. The molecular formula is C22H39O14P2-. The standard InChI is InChI=1S/C22H40O14P2/c1-15(23)36-22(11,37(27,28)33-12-30-16(24)19(2,3)4)38(29,34-13-31-17(25)20(5,6)7)35-14-32-18(26)21(8,9)10/h12-14H2,1-11H3,(H,27,28)/p-1. The monoisotopic (exact) mass is 589 g/mol. The molecule has 222 valence electrons. The average Bonchev–Trinajstić information content (AvgIpc) is 2.70. The van der Waals surface area contributed by atoms with Crippen LogP contribution in [0.2, 0.25) is 0 Å². The first-order chi connectivity index (χ1) is 16.8. The molecule has 0 N–H and O–H groups in total. The first kappa shape index (κ1) is 36.3. The Hall–Kier alpha value is -1.66. The fraction of sp³-hybridized carbons (Fsp3) is 0.818. The Morgan fingerprint density at radius 1 is 0.684 bits per heavy atom. The number of hydrogen-bond donors (Lipinski definition) is 0. The number of ether oxygens (including phenoxy) is 4. The fourth-order valence-electron chi connectivity index (χ4n) is 2.03. The van der Waals surface area contributed by atoms with Crippen LogP contribution in [0.1, 0.15) is 76.2 Å². The average molecular weight is 589 g/mol. The van der Waals surface area contributed by atoms with Gasteiger partial charge in [0.25, 0.3) is 0 Å². The molecule has 0 spiro atoms. The first-order valence-corrected chi connectivity index (χ1v) is 14.4. The van der Waals surface area contributed by atoms with Crippen LogP contribution in [0.3, 0.4) is 0 Å². The smallest absolute Gasteiger partial charge is 0.325 e. The summed E-state index contributed by atoms with van der Waals surface area (Å²) >= 11 is 0. The van der Waals surface area contributed by atoms with E-state index in [0.717, 1.165) is 6.92 Å². The van der Waals surface area contributed by atoms with E-state index in [1.54, 1.807) is 0 Å². The first-order valence-electron chi connectivity index (χ1n) is 11.4. The van der Waals surface area contributed by atoms with E-state index < -0.39 is 81.1 Å². The molecule has 38 heavy (non-hydrogen) atoms. The molecule has 16 heteroatoms. The number of hydrogen-bond acceptors (Lipinski definition) is 14. The Bertz CT molecular complexity index is 880. The van der Waals surface area contributed by atoms with Crippen molar-refractivity contribution in [3.63, 3.8) is 0 Å². The van der Waals surface area contributed by atoms with Crippen LogP contribution >= 0.6 is 15.5 Å². The lowest BCUT2D eigenvalue weighted by Gasteiger charge is -2.45. The second kappa shape index (κ2) is 13.1. The second-order valence-corrected chi connectivity index (χ2v) is 16.1. The van der Waals surface area contributed by atoms with Gasteiger partial charge in [-0.2, -0.15) is 9.05 Å². The molecule has 0 aromatic heterocycles. The maximum absolute atomic E-state index is 13.9. The second-order valence-electron chi connectivity index (χ2n) is 11.3. The number of carbonyl (C=O) groups excluding carboxylic acids is 4. The third-order valence-electron chi connectivity index (χ3n) is 4.43. The molecule has 0 aromatic carbocycles. The van der Waals surface area contributed by atoms with E-state index in [1.165, 1.54) is 62.3 Å². The van der Waals surface area contributed by atoms with Gasteiger partial charge in [0.1, 0.15) is 0 Å². The van der Waals surface area contributed by atoms with E-state index >= 15 is 0 Å². The molecule has 0 rings (SSSR count). The molecule has 0 aliphatic rings. The summed E-state index contributed by atoms with van der Waals surface area (Å²) in [6.45, 7) is 11.7. The van der Waals surface area contributed by atoms with Crippen molar-refractivity contribution in [3.05, 3.63) is 0 Å². The minimum atomic E-state index is -5.66. The van der Waals surface area contributed by atoms with Crippen LogP contribution in [-0.4, -0.2) is 49.3 Å². The van der Waals surface area contributed by atoms with Crippen molar-refractivity contribution in [1.29, 1.82) is 0 Å². The summed E-state index contributed by atoms with van der Waals surface area (Å²) in [7, 11) is -10.9. The lowest BCUT2D eigenvalue weighted by Crippen LogP contribution is -2.45.